The van der Waals surface area contributed by atoms with Crippen LogP contribution in [0.1, 0.15) is 39.9 Å². The molecule has 3 aromatic rings. The summed E-state index contributed by atoms with van der Waals surface area (Å²) in [5.74, 6) is 1.39. The Bertz CT molecular complexity index is 1310. The summed E-state index contributed by atoms with van der Waals surface area (Å²) in [5, 5.41) is 18.4. The Balaban J connectivity index is 1.33. The third-order valence-electron chi connectivity index (χ3n) is 7.35. The molecule has 2 aliphatic rings. The molecule has 3 aromatic carbocycles. The monoisotopic (exact) mass is 501 g/mol. The smallest absolute Gasteiger partial charge is 0.254 e. The van der Waals surface area contributed by atoms with Crippen molar-refractivity contribution in [2.45, 2.75) is 31.6 Å². The lowest BCUT2D eigenvalue weighted by Gasteiger charge is -2.21. The Morgan fingerprint density at radius 3 is 2.27 bits per heavy atom. The number of benzene rings is 3. The lowest BCUT2D eigenvalue weighted by molar-refractivity contribution is -0.120. The van der Waals surface area contributed by atoms with Crippen molar-refractivity contribution in [3.8, 4) is 22.6 Å². The first-order valence-corrected chi connectivity index (χ1v) is 12.6. The first-order valence-electron chi connectivity index (χ1n) is 12.6. The summed E-state index contributed by atoms with van der Waals surface area (Å²) >= 11 is 0. The molecule has 192 valence electrons. The second-order valence-corrected chi connectivity index (χ2v) is 9.72. The third kappa shape index (κ3) is 4.97. The van der Waals surface area contributed by atoms with E-state index in [0.717, 1.165) is 46.4 Å². The van der Waals surface area contributed by atoms with E-state index in [9.17, 15) is 19.8 Å². The van der Waals surface area contributed by atoms with Gasteiger partial charge in [0.25, 0.3) is 5.91 Å². The van der Waals surface area contributed by atoms with Crippen molar-refractivity contribution in [3.05, 3.63) is 82.9 Å². The summed E-state index contributed by atoms with van der Waals surface area (Å²) in [6, 6.07) is 19.2. The molecule has 0 bridgehead atoms. The van der Waals surface area contributed by atoms with Crippen molar-refractivity contribution in [3.63, 3.8) is 0 Å². The van der Waals surface area contributed by atoms with E-state index in [-0.39, 0.29) is 44.8 Å². The predicted molar refractivity (Wildman–Crippen MR) is 139 cm³/mol. The molecule has 2 N–H and O–H groups in total. The van der Waals surface area contributed by atoms with Crippen molar-refractivity contribution < 1.29 is 29.3 Å². The average Bonchev–Trinajstić information content (AvgIpc) is 3.60. The van der Waals surface area contributed by atoms with E-state index in [1.165, 1.54) is 4.90 Å². The van der Waals surface area contributed by atoms with Gasteiger partial charge in [-0.1, -0.05) is 36.4 Å². The first-order chi connectivity index (χ1) is 17.9. The van der Waals surface area contributed by atoms with Crippen molar-refractivity contribution in [2.24, 2.45) is 0 Å². The fraction of sp³-hybridized carbons (Fsp3) is 0.333. The molecule has 0 spiro atoms. The van der Waals surface area contributed by atoms with Gasteiger partial charge >= 0.3 is 0 Å². The number of carbonyl (C=O) groups is 2. The number of ether oxygens (including phenoxy) is 2. The maximum atomic E-state index is 13.5. The van der Waals surface area contributed by atoms with Crippen LogP contribution in [0, 0.1) is 6.92 Å². The van der Waals surface area contributed by atoms with Crippen LogP contribution in [0.5, 0.6) is 11.5 Å². The van der Waals surface area contributed by atoms with Gasteiger partial charge in [-0.2, -0.15) is 0 Å². The fourth-order valence-corrected chi connectivity index (χ4v) is 5.02. The Morgan fingerprint density at radius 1 is 0.892 bits per heavy atom. The second-order valence-electron chi connectivity index (χ2n) is 9.72. The van der Waals surface area contributed by atoms with Crippen molar-refractivity contribution in [1.29, 1.82) is 0 Å². The molecule has 1 aliphatic heterocycles. The van der Waals surface area contributed by atoms with E-state index < -0.39 is 5.41 Å². The van der Waals surface area contributed by atoms with Crippen molar-refractivity contribution >= 4 is 11.7 Å². The Hall–Kier alpha value is -3.68. The molecule has 0 saturated heterocycles. The molecule has 0 radical (unpaired) electrons. The number of nitrogens with zero attached hydrogens (tertiary/aromatic N) is 1. The van der Waals surface area contributed by atoms with E-state index in [4.69, 9.17) is 9.47 Å². The standard InChI is InChI=1S/C30H31NO6/c1-20-2-3-21(17-28(34)30(10-11-30)24-8-9-26-27(18-24)37-19-36-26)16-25(20)22-4-6-23(7-5-22)29(35)31(12-14-32)13-15-33/h2-9,16,18,32-33H,10-15,17,19H2,1H3. The van der Waals surface area contributed by atoms with Gasteiger partial charge < -0.3 is 24.6 Å². The third-order valence-corrected chi connectivity index (χ3v) is 7.35. The van der Waals surface area contributed by atoms with E-state index >= 15 is 0 Å². The highest BCUT2D eigenvalue weighted by Gasteiger charge is 2.50. The number of hydrogen-bond acceptors (Lipinski definition) is 6. The normalized spacial score (nSPS) is 14.9. The van der Waals surface area contributed by atoms with Crippen LogP contribution in [-0.4, -0.2) is 59.9 Å². The van der Waals surface area contributed by atoms with Gasteiger partial charge in [-0.15, -0.1) is 0 Å². The SMILES string of the molecule is Cc1ccc(CC(=O)C2(c3ccc4c(c3)OCO4)CC2)cc1-c1ccc(C(=O)N(CCO)CCO)cc1. The largest absolute Gasteiger partial charge is 0.454 e. The zero-order valence-electron chi connectivity index (χ0n) is 20.9. The summed E-state index contributed by atoms with van der Waals surface area (Å²) in [6.07, 6.45) is 2.02. The summed E-state index contributed by atoms with van der Waals surface area (Å²) in [5.41, 5.74) is 5.03. The number of rotatable bonds is 10. The number of carbonyl (C=O) groups excluding carboxylic acids is 2. The van der Waals surface area contributed by atoms with Crippen LogP contribution in [0.15, 0.2) is 60.7 Å². The Kier molecular flexibility index (Phi) is 7.00. The van der Waals surface area contributed by atoms with Gasteiger partial charge in [-0.3, -0.25) is 9.59 Å². The summed E-state index contributed by atoms with van der Waals surface area (Å²) in [7, 11) is 0. The van der Waals surface area contributed by atoms with Crippen LogP contribution in [0.3, 0.4) is 0 Å². The molecule has 7 heteroatoms. The van der Waals surface area contributed by atoms with Crippen molar-refractivity contribution in [1.82, 2.24) is 4.90 Å². The molecule has 5 rings (SSSR count). The van der Waals surface area contributed by atoms with Gasteiger partial charge in [0.2, 0.25) is 6.79 Å². The molecule has 1 aliphatic carbocycles. The molecule has 0 unspecified atom stereocenters. The molecular weight excluding hydrogens is 470 g/mol. The number of aliphatic hydroxyl groups is 2. The van der Waals surface area contributed by atoms with E-state index in [2.05, 4.69) is 6.07 Å². The molecule has 7 nitrogen and oxygen atoms in total. The fourth-order valence-electron chi connectivity index (χ4n) is 5.02. The maximum absolute atomic E-state index is 13.5. The number of fused-ring (bicyclic) bond motifs is 1. The lowest BCUT2D eigenvalue weighted by atomic mass is 9.87. The highest BCUT2D eigenvalue weighted by atomic mass is 16.7. The molecule has 0 aromatic heterocycles. The minimum absolute atomic E-state index is 0.162. The van der Waals surface area contributed by atoms with E-state index in [0.29, 0.717) is 17.7 Å². The topological polar surface area (TPSA) is 96.3 Å². The quantitative estimate of drug-likeness (QED) is 0.440. The van der Waals surface area contributed by atoms with E-state index in [1.54, 1.807) is 12.1 Å². The number of amides is 1. The zero-order valence-corrected chi connectivity index (χ0v) is 20.9. The number of aryl methyl sites for hydroxylation is 1. The lowest BCUT2D eigenvalue weighted by Crippen LogP contribution is -2.35. The first kappa shape index (κ1) is 25.0. The van der Waals surface area contributed by atoms with Crippen LogP contribution >= 0.6 is 0 Å². The molecular formula is C30H31NO6. The number of ketones is 1. The van der Waals surface area contributed by atoms with Gasteiger partial charge in [0.15, 0.2) is 11.5 Å². The van der Waals surface area contributed by atoms with Crippen LogP contribution < -0.4 is 9.47 Å². The van der Waals surface area contributed by atoms with Crippen LogP contribution in [-0.2, 0) is 16.6 Å². The number of Topliss-reactive ketones (excluding diaryl/α,β-unsaturated/α-hetero) is 1. The highest BCUT2D eigenvalue weighted by molar-refractivity contribution is 5.96. The molecule has 1 saturated carbocycles. The van der Waals surface area contributed by atoms with Gasteiger partial charge in [-0.05, 0) is 71.8 Å². The number of aliphatic hydroxyl groups excluding tert-OH is 2. The molecule has 1 heterocycles. The molecule has 1 fully saturated rings. The number of hydrogen-bond donors (Lipinski definition) is 2. The Labute approximate surface area is 216 Å². The average molecular weight is 502 g/mol. The molecule has 37 heavy (non-hydrogen) atoms. The van der Waals surface area contributed by atoms with Crippen LogP contribution in [0.2, 0.25) is 0 Å². The predicted octanol–water partition coefficient (Wildman–Crippen LogP) is 3.66. The zero-order chi connectivity index (χ0) is 26.0. The Morgan fingerprint density at radius 2 is 1.59 bits per heavy atom. The second kappa shape index (κ2) is 10.4. The van der Waals surface area contributed by atoms with Crippen LogP contribution in [0.4, 0.5) is 0 Å². The maximum Gasteiger partial charge on any atom is 0.254 e. The summed E-state index contributed by atoms with van der Waals surface area (Å²) in [6.45, 7) is 2.26. The minimum atomic E-state index is -0.455. The van der Waals surface area contributed by atoms with Crippen LogP contribution in [0.25, 0.3) is 11.1 Å². The minimum Gasteiger partial charge on any atom is -0.454 e. The summed E-state index contributed by atoms with van der Waals surface area (Å²) in [4.78, 5) is 27.6. The highest BCUT2D eigenvalue weighted by Crippen LogP contribution is 2.51. The van der Waals surface area contributed by atoms with Gasteiger partial charge in [-0.25, -0.2) is 0 Å². The molecule has 0 atom stereocenters. The van der Waals surface area contributed by atoms with Gasteiger partial charge in [0.1, 0.15) is 5.78 Å². The van der Waals surface area contributed by atoms with Gasteiger partial charge in [0.05, 0.1) is 18.6 Å². The summed E-state index contributed by atoms with van der Waals surface area (Å²) < 4.78 is 10.9. The molecule has 1 amide bonds. The van der Waals surface area contributed by atoms with Gasteiger partial charge in [0, 0.05) is 25.1 Å². The van der Waals surface area contributed by atoms with E-state index in [1.807, 2.05) is 49.4 Å². The van der Waals surface area contributed by atoms with Crippen molar-refractivity contribution in [2.75, 3.05) is 33.1 Å².